The van der Waals surface area contributed by atoms with Gasteiger partial charge in [0.25, 0.3) is 0 Å². The topological polar surface area (TPSA) is 66.5 Å². The molecule has 0 saturated carbocycles. The van der Waals surface area contributed by atoms with Crippen molar-refractivity contribution in [3.05, 3.63) is 36.4 Å². The molecule has 1 rings (SSSR count). The predicted molar refractivity (Wildman–Crippen MR) is 63.4 cm³/mol. The lowest BCUT2D eigenvalue weighted by molar-refractivity contribution is 0.440. The molecule has 0 aliphatic rings. The van der Waals surface area contributed by atoms with E-state index >= 15 is 0 Å². The van der Waals surface area contributed by atoms with Crippen LogP contribution >= 0.6 is 12.4 Å². The summed E-state index contributed by atoms with van der Waals surface area (Å²) in [4.78, 5) is 0. The quantitative estimate of drug-likeness (QED) is 0.695. The van der Waals surface area contributed by atoms with Crippen LogP contribution in [0, 0.1) is 0 Å². The van der Waals surface area contributed by atoms with E-state index in [-0.39, 0.29) is 29.9 Å². The second-order valence-electron chi connectivity index (χ2n) is 3.22. The van der Waals surface area contributed by atoms with Crippen LogP contribution in [0.2, 0.25) is 0 Å². The highest BCUT2D eigenvalue weighted by Crippen LogP contribution is 2.28. The third kappa shape index (κ3) is 3.81. The van der Waals surface area contributed by atoms with Crippen molar-refractivity contribution in [3.8, 4) is 11.5 Å². The van der Waals surface area contributed by atoms with Gasteiger partial charge in [-0.15, -0.1) is 19.0 Å². The van der Waals surface area contributed by atoms with E-state index in [1.807, 2.05) is 0 Å². The van der Waals surface area contributed by atoms with Gasteiger partial charge in [0.15, 0.2) is 0 Å². The van der Waals surface area contributed by atoms with Crippen molar-refractivity contribution in [3.63, 3.8) is 0 Å². The Kier molecular flexibility index (Phi) is 5.82. The summed E-state index contributed by atoms with van der Waals surface area (Å²) in [5.74, 6) is 0.0868. The summed E-state index contributed by atoms with van der Waals surface area (Å²) >= 11 is 0. The molecule has 0 heterocycles. The van der Waals surface area contributed by atoms with Crippen LogP contribution in [0.1, 0.15) is 24.4 Å². The van der Waals surface area contributed by atoms with Gasteiger partial charge in [-0.1, -0.05) is 12.1 Å². The first-order valence-corrected chi connectivity index (χ1v) is 4.53. The Morgan fingerprint density at radius 1 is 1.40 bits per heavy atom. The highest BCUT2D eigenvalue weighted by atomic mass is 35.5. The van der Waals surface area contributed by atoms with Crippen molar-refractivity contribution in [2.75, 3.05) is 0 Å². The maximum Gasteiger partial charge on any atom is 0.124 e. The van der Waals surface area contributed by atoms with E-state index in [4.69, 9.17) is 10.8 Å². The second-order valence-corrected chi connectivity index (χ2v) is 3.22. The van der Waals surface area contributed by atoms with Crippen LogP contribution in [0.15, 0.2) is 30.9 Å². The summed E-state index contributed by atoms with van der Waals surface area (Å²) in [6.07, 6.45) is 3.33. The molecule has 15 heavy (non-hydrogen) atoms. The Morgan fingerprint density at radius 3 is 2.60 bits per heavy atom. The molecular formula is C11H16ClNO2. The van der Waals surface area contributed by atoms with Gasteiger partial charge in [-0.05, 0) is 18.9 Å². The van der Waals surface area contributed by atoms with Gasteiger partial charge < -0.3 is 15.9 Å². The molecule has 0 bridgehead atoms. The fraction of sp³-hybridized carbons (Fsp3) is 0.273. The summed E-state index contributed by atoms with van der Waals surface area (Å²) < 4.78 is 0. The molecule has 0 aromatic heterocycles. The smallest absolute Gasteiger partial charge is 0.124 e. The minimum atomic E-state index is -0.214. The maximum atomic E-state index is 9.50. The zero-order valence-electron chi connectivity index (χ0n) is 8.39. The standard InChI is InChI=1S/C11H15NO2.ClH/c1-2-3-4-10(12)9-6-5-8(13)7-11(9)14;/h2,5-7,10,13-14H,1,3-4,12H2;1H/t10-;/m0./s1. The first-order valence-electron chi connectivity index (χ1n) is 4.53. The summed E-state index contributed by atoms with van der Waals surface area (Å²) in [7, 11) is 0. The number of phenols is 2. The van der Waals surface area contributed by atoms with Crippen LogP contribution in [0.3, 0.4) is 0 Å². The fourth-order valence-corrected chi connectivity index (χ4v) is 1.30. The van der Waals surface area contributed by atoms with Crippen molar-refractivity contribution < 1.29 is 10.2 Å². The van der Waals surface area contributed by atoms with E-state index in [2.05, 4.69) is 6.58 Å². The Hall–Kier alpha value is -1.19. The Morgan fingerprint density at radius 2 is 2.07 bits per heavy atom. The normalized spacial score (nSPS) is 11.5. The third-order valence-electron chi connectivity index (χ3n) is 2.10. The first-order chi connectivity index (χ1) is 6.65. The molecule has 1 atom stereocenters. The van der Waals surface area contributed by atoms with E-state index in [0.717, 1.165) is 12.8 Å². The van der Waals surface area contributed by atoms with E-state index in [1.165, 1.54) is 12.1 Å². The van der Waals surface area contributed by atoms with Gasteiger partial charge in [-0.2, -0.15) is 0 Å². The van der Waals surface area contributed by atoms with E-state index < -0.39 is 0 Å². The van der Waals surface area contributed by atoms with Gasteiger partial charge in [0.2, 0.25) is 0 Å². The molecule has 84 valence electrons. The van der Waals surface area contributed by atoms with Gasteiger partial charge in [0, 0.05) is 17.7 Å². The molecule has 1 aromatic carbocycles. The van der Waals surface area contributed by atoms with Crippen molar-refractivity contribution >= 4 is 12.4 Å². The minimum Gasteiger partial charge on any atom is -0.508 e. The number of phenolic OH excluding ortho intramolecular Hbond substituents is 2. The van der Waals surface area contributed by atoms with Gasteiger partial charge in [0.1, 0.15) is 11.5 Å². The second kappa shape index (κ2) is 6.32. The van der Waals surface area contributed by atoms with Crippen LogP contribution < -0.4 is 5.73 Å². The number of allylic oxidation sites excluding steroid dienone is 1. The fourth-order valence-electron chi connectivity index (χ4n) is 1.30. The Labute approximate surface area is 95.6 Å². The number of halogens is 1. The Bertz CT molecular complexity index is 328. The number of hydrogen-bond donors (Lipinski definition) is 3. The number of rotatable bonds is 4. The number of nitrogens with two attached hydrogens (primary N) is 1. The summed E-state index contributed by atoms with van der Waals surface area (Å²) in [5.41, 5.74) is 6.50. The summed E-state index contributed by atoms with van der Waals surface area (Å²) in [5, 5.41) is 18.6. The summed E-state index contributed by atoms with van der Waals surface area (Å²) in [6.45, 7) is 3.60. The lowest BCUT2D eigenvalue weighted by atomic mass is 10.0. The minimum absolute atomic E-state index is 0. The van der Waals surface area contributed by atoms with Crippen LogP contribution in [-0.2, 0) is 0 Å². The lowest BCUT2D eigenvalue weighted by Crippen LogP contribution is -2.09. The zero-order valence-corrected chi connectivity index (χ0v) is 9.20. The summed E-state index contributed by atoms with van der Waals surface area (Å²) in [6, 6.07) is 4.23. The van der Waals surface area contributed by atoms with Crippen molar-refractivity contribution in [2.24, 2.45) is 5.73 Å². The maximum absolute atomic E-state index is 9.50. The van der Waals surface area contributed by atoms with Crippen molar-refractivity contribution in [1.29, 1.82) is 0 Å². The molecule has 1 aromatic rings. The van der Waals surface area contributed by atoms with Gasteiger partial charge in [-0.25, -0.2) is 0 Å². The molecule has 4 heteroatoms. The van der Waals surface area contributed by atoms with Gasteiger partial charge in [0.05, 0.1) is 0 Å². The average Bonchev–Trinajstić information content (AvgIpc) is 2.14. The first kappa shape index (κ1) is 13.8. The highest BCUT2D eigenvalue weighted by molar-refractivity contribution is 5.85. The molecule has 0 radical (unpaired) electrons. The molecule has 0 spiro atoms. The van der Waals surface area contributed by atoms with Crippen LogP contribution in [0.5, 0.6) is 11.5 Å². The van der Waals surface area contributed by atoms with Crippen molar-refractivity contribution in [2.45, 2.75) is 18.9 Å². The van der Waals surface area contributed by atoms with Crippen LogP contribution in [0.25, 0.3) is 0 Å². The molecule has 0 amide bonds. The zero-order chi connectivity index (χ0) is 10.6. The van der Waals surface area contributed by atoms with E-state index in [0.29, 0.717) is 5.56 Å². The monoisotopic (exact) mass is 229 g/mol. The lowest BCUT2D eigenvalue weighted by Gasteiger charge is -2.12. The highest BCUT2D eigenvalue weighted by Gasteiger charge is 2.10. The molecule has 0 fully saturated rings. The Balaban J connectivity index is 0.00000196. The number of aromatic hydroxyl groups is 2. The SMILES string of the molecule is C=CCC[C@H](N)c1ccc(O)cc1O.Cl. The van der Waals surface area contributed by atoms with E-state index in [1.54, 1.807) is 12.1 Å². The van der Waals surface area contributed by atoms with Crippen LogP contribution in [-0.4, -0.2) is 10.2 Å². The van der Waals surface area contributed by atoms with Gasteiger partial charge in [-0.3, -0.25) is 0 Å². The molecule has 0 aliphatic carbocycles. The molecule has 4 N–H and O–H groups in total. The van der Waals surface area contributed by atoms with Crippen molar-refractivity contribution in [1.82, 2.24) is 0 Å². The van der Waals surface area contributed by atoms with Crippen LogP contribution in [0.4, 0.5) is 0 Å². The van der Waals surface area contributed by atoms with E-state index in [9.17, 15) is 5.11 Å². The molecule has 0 unspecified atom stereocenters. The van der Waals surface area contributed by atoms with Gasteiger partial charge >= 0.3 is 0 Å². The molecule has 3 nitrogen and oxygen atoms in total. The average molecular weight is 230 g/mol. The third-order valence-corrected chi connectivity index (χ3v) is 2.10. The molecule has 0 aliphatic heterocycles. The predicted octanol–water partition coefficient (Wildman–Crippen LogP) is 2.49. The largest absolute Gasteiger partial charge is 0.508 e. The molecular weight excluding hydrogens is 214 g/mol. The molecule has 0 saturated heterocycles. The number of hydrogen-bond acceptors (Lipinski definition) is 3. The number of benzene rings is 1.